The summed E-state index contributed by atoms with van der Waals surface area (Å²) >= 11 is 0. The van der Waals surface area contributed by atoms with Crippen molar-refractivity contribution in [2.75, 3.05) is 36.4 Å². The first kappa shape index (κ1) is 15.3. The van der Waals surface area contributed by atoms with Crippen LogP contribution in [0.15, 0.2) is 23.1 Å². The molecule has 2 aromatic rings. The number of hydrogen-bond donors (Lipinski definition) is 2. The van der Waals surface area contributed by atoms with Crippen molar-refractivity contribution in [1.82, 2.24) is 20.4 Å². The standard InChI is InChI=1S/C15H20N6O2/c1-11-12(9-20-23-11)15(22)17-5-4-16-13-8-14(19-10-18-13)21-6-2-3-7-21/h8-10H,2-7H2,1H3,(H,17,22)(H,16,18,19). The van der Waals surface area contributed by atoms with Crippen molar-refractivity contribution in [3.63, 3.8) is 0 Å². The topological polar surface area (TPSA) is 96.2 Å². The van der Waals surface area contributed by atoms with Crippen LogP contribution in [0.2, 0.25) is 0 Å². The number of aryl methyl sites for hydroxylation is 1. The van der Waals surface area contributed by atoms with E-state index in [4.69, 9.17) is 4.52 Å². The van der Waals surface area contributed by atoms with E-state index >= 15 is 0 Å². The summed E-state index contributed by atoms with van der Waals surface area (Å²) in [6, 6.07) is 1.94. The predicted molar refractivity (Wildman–Crippen MR) is 85.5 cm³/mol. The average molecular weight is 316 g/mol. The number of amides is 1. The first-order valence-electron chi connectivity index (χ1n) is 7.74. The SMILES string of the molecule is Cc1oncc1C(=O)NCCNc1cc(N2CCCC2)ncn1. The van der Waals surface area contributed by atoms with E-state index in [-0.39, 0.29) is 5.91 Å². The Morgan fingerprint density at radius 2 is 2.13 bits per heavy atom. The zero-order chi connectivity index (χ0) is 16.1. The molecule has 122 valence electrons. The summed E-state index contributed by atoms with van der Waals surface area (Å²) in [6.45, 7) is 4.86. The highest BCUT2D eigenvalue weighted by atomic mass is 16.5. The summed E-state index contributed by atoms with van der Waals surface area (Å²) < 4.78 is 4.88. The minimum absolute atomic E-state index is 0.189. The second kappa shape index (κ2) is 7.08. The molecule has 3 rings (SSSR count). The molecule has 0 saturated carbocycles. The molecular weight excluding hydrogens is 296 g/mol. The third kappa shape index (κ3) is 3.77. The second-order valence-electron chi connectivity index (χ2n) is 5.43. The van der Waals surface area contributed by atoms with Crippen LogP contribution in [-0.2, 0) is 0 Å². The van der Waals surface area contributed by atoms with Gasteiger partial charge in [0.25, 0.3) is 5.91 Å². The summed E-state index contributed by atoms with van der Waals surface area (Å²) in [4.78, 5) is 22.7. The van der Waals surface area contributed by atoms with Crippen LogP contribution in [0.5, 0.6) is 0 Å². The van der Waals surface area contributed by atoms with Crippen LogP contribution < -0.4 is 15.5 Å². The zero-order valence-electron chi connectivity index (χ0n) is 13.1. The fourth-order valence-corrected chi connectivity index (χ4v) is 2.54. The van der Waals surface area contributed by atoms with Crippen molar-refractivity contribution in [3.8, 4) is 0 Å². The molecule has 0 radical (unpaired) electrons. The lowest BCUT2D eigenvalue weighted by molar-refractivity contribution is 0.0953. The van der Waals surface area contributed by atoms with Crippen LogP contribution in [-0.4, -0.2) is 47.2 Å². The van der Waals surface area contributed by atoms with Crippen molar-refractivity contribution in [1.29, 1.82) is 0 Å². The lowest BCUT2D eigenvalue weighted by atomic mass is 10.2. The van der Waals surface area contributed by atoms with Crippen molar-refractivity contribution < 1.29 is 9.32 Å². The molecule has 23 heavy (non-hydrogen) atoms. The van der Waals surface area contributed by atoms with Crippen LogP contribution in [0.4, 0.5) is 11.6 Å². The third-order valence-corrected chi connectivity index (χ3v) is 3.79. The fraction of sp³-hybridized carbons (Fsp3) is 0.467. The molecule has 1 aliphatic heterocycles. The Hall–Kier alpha value is -2.64. The summed E-state index contributed by atoms with van der Waals surface area (Å²) in [5.41, 5.74) is 0.461. The molecule has 0 atom stereocenters. The Morgan fingerprint density at radius 3 is 2.87 bits per heavy atom. The predicted octanol–water partition coefficient (Wildman–Crippen LogP) is 1.22. The molecule has 3 heterocycles. The van der Waals surface area contributed by atoms with Crippen molar-refractivity contribution in [3.05, 3.63) is 29.9 Å². The number of carbonyl (C=O) groups excluding carboxylic acids is 1. The first-order valence-corrected chi connectivity index (χ1v) is 7.74. The summed E-state index contributed by atoms with van der Waals surface area (Å²) in [7, 11) is 0. The molecule has 0 bridgehead atoms. The van der Waals surface area contributed by atoms with Gasteiger partial charge in [-0.2, -0.15) is 0 Å². The molecular formula is C15H20N6O2. The minimum atomic E-state index is -0.189. The molecule has 0 aliphatic carbocycles. The molecule has 0 spiro atoms. The zero-order valence-corrected chi connectivity index (χ0v) is 13.1. The van der Waals surface area contributed by atoms with Gasteiger partial charge in [0.2, 0.25) is 0 Å². The minimum Gasteiger partial charge on any atom is -0.368 e. The van der Waals surface area contributed by atoms with Gasteiger partial charge < -0.3 is 20.1 Å². The highest BCUT2D eigenvalue weighted by Gasteiger charge is 2.14. The lowest BCUT2D eigenvalue weighted by Crippen LogP contribution is -2.29. The molecule has 0 unspecified atom stereocenters. The van der Waals surface area contributed by atoms with E-state index in [0.717, 1.165) is 24.7 Å². The molecule has 8 heteroatoms. The van der Waals surface area contributed by atoms with Crippen LogP contribution in [0.3, 0.4) is 0 Å². The number of aromatic nitrogens is 3. The average Bonchev–Trinajstić information content (AvgIpc) is 3.23. The van der Waals surface area contributed by atoms with E-state index in [1.807, 2.05) is 6.07 Å². The third-order valence-electron chi connectivity index (χ3n) is 3.79. The molecule has 2 N–H and O–H groups in total. The van der Waals surface area contributed by atoms with Gasteiger partial charge in [-0.3, -0.25) is 4.79 Å². The first-order chi connectivity index (χ1) is 11.2. The molecule has 1 fully saturated rings. The van der Waals surface area contributed by atoms with Gasteiger partial charge in [0.15, 0.2) is 0 Å². The quantitative estimate of drug-likeness (QED) is 0.773. The van der Waals surface area contributed by atoms with Gasteiger partial charge in [-0.05, 0) is 19.8 Å². The van der Waals surface area contributed by atoms with E-state index in [2.05, 4.69) is 30.7 Å². The van der Waals surface area contributed by atoms with Crippen LogP contribution in [0, 0.1) is 6.92 Å². The van der Waals surface area contributed by atoms with Crippen LogP contribution in [0.1, 0.15) is 29.0 Å². The maximum Gasteiger partial charge on any atom is 0.256 e. The van der Waals surface area contributed by atoms with Gasteiger partial charge in [-0.1, -0.05) is 5.16 Å². The normalized spacial score (nSPS) is 14.0. The Bertz CT molecular complexity index is 665. The van der Waals surface area contributed by atoms with Crippen LogP contribution in [0.25, 0.3) is 0 Å². The van der Waals surface area contributed by atoms with Crippen molar-refractivity contribution >= 4 is 17.5 Å². The number of anilines is 2. The molecule has 1 amide bonds. The summed E-state index contributed by atoms with van der Waals surface area (Å²) in [5.74, 6) is 2.04. The smallest absolute Gasteiger partial charge is 0.256 e. The highest BCUT2D eigenvalue weighted by Crippen LogP contribution is 2.18. The molecule has 2 aromatic heterocycles. The Balaban J connectivity index is 1.46. The van der Waals surface area contributed by atoms with Gasteiger partial charge >= 0.3 is 0 Å². The number of carbonyl (C=O) groups is 1. The Kier molecular flexibility index (Phi) is 4.70. The van der Waals surface area contributed by atoms with Gasteiger partial charge in [0, 0.05) is 32.2 Å². The Labute approximate surface area is 134 Å². The van der Waals surface area contributed by atoms with E-state index in [9.17, 15) is 4.79 Å². The van der Waals surface area contributed by atoms with E-state index < -0.39 is 0 Å². The summed E-state index contributed by atoms with van der Waals surface area (Å²) in [6.07, 6.45) is 5.40. The van der Waals surface area contributed by atoms with E-state index in [1.54, 1.807) is 13.3 Å². The maximum absolute atomic E-state index is 11.9. The maximum atomic E-state index is 11.9. The number of hydrogen-bond acceptors (Lipinski definition) is 7. The molecule has 0 aromatic carbocycles. The highest BCUT2D eigenvalue weighted by molar-refractivity contribution is 5.94. The summed E-state index contributed by atoms with van der Waals surface area (Å²) in [5, 5.41) is 9.60. The van der Waals surface area contributed by atoms with E-state index in [1.165, 1.54) is 19.0 Å². The molecule has 1 saturated heterocycles. The van der Waals surface area contributed by atoms with Crippen molar-refractivity contribution in [2.24, 2.45) is 0 Å². The van der Waals surface area contributed by atoms with Gasteiger partial charge in [0.1, 0.15) is 29.3 Å². The molecule has 1 aliphatic rings. The fourth-order valence-electron chi connectivity index (χ4n) is 2.54. The number of nitrogens with zero attached hydrogens (tertiary/aromatic N) is 4. The van der Waals surface area contributed by atoms with Gasteiger partial charge in [0.05, 0.1) is 6.20 Å². The van der Waals surface area contributed by atoms with Crippen LogP contribution >= 0.6 is 0 Å². The van der Waals surface area contributed by atoms with Crippen molar-refractivity contribution in [2.45, 2.75) is 19.8 Å². The lowest BCUT2D eigenvalue weighted by Gasteiger charge is -2.16. The second-order valence-corrected chi connectivity index (χ2v) is 5.43. The van der Waals surface area contributed by atoms with E-state index in [0.29, 0.717) is 24.4 Å². The number of rotatable bonds is 6. The van der Waals surface area contributed by atoms with Gasteiger partial charge in [-0.15, -0.1) is 0 Å². The monoisotopic (exact) mass is 316 g/mol. The molecule has 8 nitrogen and oxygen atoms in total. The largest absolute Gasteiger partial charge is 0.368 e. The number of nitrogens with one attached hydrogen (secondary N) is 2. The van der Waals surface area contributed by atoms with Gasteiger partial charge in [-0.25, -0.2) is 9.97 Å². The Morgan fingerprint density at radius 1 is 1.30 bits per heavy atom.